The molecule has 2 amide bonds. The number of ketones is 1. The highest BCUT2D eigenvalue weighted by molar-refractivity contribution is 7.13. The molecule has 2 N–H and O–H groups in total. The number of nitrogens with zero attached hydrogens (tertiary/aromatic N) is 1. The molecule has 3 rings (SSSR count). The van der Waals surface area contributed by atoms with Gasteiger partial charge in [0.25, 0.3) is 5.91 Å². The zero-order valence-electron chi connectivity index (χ0n) is 16.8. The number of hydrogen-bond acceptors (Lipinski definition) is 6. The summed E-state index contributed by atoms with van der Waals surface area (Å²) in [5.41, 5.74) is 6.48. The average Bonchev–Trinajstić information content (AvgIpc) is 3.21. The summed E-state index contributed by atoms with van der Waals surface area (Å²) < 4.78 is 18.5. The second-order valence-corrected chi connectivity index (χ2v) is 7.56. The molecule has 0 spiro atoms. The maximum Gasteiger partial charge on any atom is 0.279 e. The van der Waals surface area contributed by atoms with Gasteiger partial charge in [0.15, 0.2) is 11.9 Å². The number of Topliss-reactive ketones (excluding diaryl/α,β-unsaturated/α-hetero) is 1. The van der Waals surface area contributed by atoms with Gasteiger partial charge < -0.3 is 4.74 Å². The predicted octanol–water partition coefficient (Wildman–Crippen LogP) is 3.31. The first-order valence-corrected chi connectivity index (χ1v) is 10.3. The lowest BCUT2D eigenvalue weighted by Gasteiger charge is -2.15. The highest BCUT2D eigenvalue weighted by Gasteiger charge is 2.16. The van der Waals surface area contributed by atoms with Crippen LogP contribution in [0.4, 0.5) is 4.39 Å². The van der Waals surface area contributed by atoms with Gasteiger partial charge >= 0.3 is 0 Å². The van der Waals surface area contributed by atoms with Crippen molar-refractivity contribution < 1.29 is 23.5 Å². The number of carbonyl (C=O) groups is 3. The van der Waals surface area contributed by atoms with Gasteiger partial charge in [-0.15, -0.1) is 11.3 Å². The summed E-state index contributed by atoms with van der Waals surface area (Å²) in [6, 6.07) is 12.3. The van der Waals surface area contributed by atoms with Crippen molar-refractivity contribution in [2.24, 2.45) is 0 Å². The van der Waals surface area contributed by atoms with Crippen molar-refractivity contribution in [3.05, 3.63) is 71.0 Å². The van der Waals surface area contributed by atoms with Gasteiger partial charge in [-0.3, -0.25) is 25.2 Å². The Morgan fingerprint density at radius 2 is 1.74 bits per heavy atom. The van der Waals surface area contributed by atoms with Crippen molar-refractivity contribution in [1.29, 1.82) is 0 Å². The lowest BCUT2D eigenvalue weighted by atomic mass is 10.1. The standard InChI is InChI=1S/C22H20FN3O4S/c1-13(27)15-5-9-19(10-6-15)30-14(2)21(29)26-25-20(28)11-18-12-31-22(24-18)16-3-7-17(23)8-4-16/h3-10,12,14H,11H2,1-2H3,(H,25,28)(H,26,29)/t14-/m1/s1. The van der Waals surface area contributed by atoms with Gasteiger partial charge in [0.2, 0.25) is 5.91 Å². The van der Waals surface area contributed by atoms with Gasteiger partial charge in [-0.2, -0.15) is 0 Å². The van der Waals surface area contributed by atoms with Gasteiger partial charge in [0.1, 0.15) is 16.6 Å². The Balaban J connectivity index is 1.47. The maximum atomic E-state index is 13.0. The molecule has 2 aromatic carbocycles. The van der Waals surface area contributed by atoms with E-state index in [2.05, 4.69) is 15.8 Å². The number of thiazole rings is 1. The van der Waals surface area contributed by atoms with Crippen LogP contribution in [0.15, 0.2) is 53.9 Å². The van der Waals surface area contributed by atoms with Crippen LogP contribution in [-0.2, 0) is 16.0 Å². The lowest BCUT2D eigenvalue weighted by molar-refractivity contribution is -0.132. The van der Waals surface area contributed by atoms with E-state index in [1.54, 1.807) is 41.8 Å². The fourth-order valence-electron chi connectivity index (χ4n) is 2.58. The number of nitrogens with one attached hydrogen (secondary N) is 2. The fourth-order valence-corrected chi connectivity index (χ4v) is 3.41. The van der Waals surface area contributed by atoms with Crippen molar-refractivity contribution in [2.75, 3.05) is 0 Å². The third-order valence-corrected chi connectivity index (χ3v) is 5.19. The lowest BCUT2D eigenvalue weighted by Crippen LogP contribution is -2.47. The van der Waals surface area contributed by atoms with E-state index in [0.29, 0.717) is 22.0 Å². The molecular formula is C22H20FN3O4S. The molecule has 160 valence electrons. The minimum atomic E-state index is -0.868. The van der Waals surface area contributed by atoms with E-state index in [9.17, 15) is 18.8 Å². The molecule has 0 fully saturated rings. The maximum absolute atomic E-state index is 13.0. The van der Waals surface area contributed by atoms with E-state index < -0.39 is 17.9 Å². The number of amides is 2. The van der Waals surface area contributed by atoms with Crippen LogP contribution >= 0.6 is 11.3 Å². The molecule has 0 aliphatic rings. The molecule has 0 saturated carbocycles. The van der Waals surface area contributed by atoms with Crippen LogP contribution in [0.3, 0.4) is 0 Å². The first-order chi connectivity index (χ1) is 14.8. The van der Waals surface area contributed by atoms with Gasteiger partial charge in [0, 0.05) is 16.5 Å². The van der Waals surface area contributed by atoms with Crippen molar-refractivity contribution in [2.45, 2.75) is 26.4 Å². The summed E-state index contributed by atoms with van der Waals surface area (Å²) in [5, 5.41) is 2.40. The fraction of sp³-hybridized carbons (Fsp3) is 0.182. The number of ether oxygens (including phenoxy) is 1. The molecule has 0 unspecified atom stereocenters. The molecule has 0 saturated heterocycles. The number of carbonyl (C=O) groups excluding carboxylic acids is 3. The number of hydrazine groups is 1. The Kier molecular flexibility index (Phi) is 7.09. The molecule has 0 aliphatic carbocycles. The Bertz CT molecular complexity index is 1080. The van der Waals surface area contributed by atoms with E-state index in [4.69, 9.17) is 4.74 Å². The molecule has 1 heterocycles. The Hall–Kier alpha value is -3.59. The summed E-state index contributed by atoms with van der Waals surface area (Å²) in [4.78, 5) is 39.9. The highest BCUT2D eigenvalue weighted by atomic mass is 32.1. The van der Waals surface area contributed by atoms with Crippen LogP contribution in [0.1, 0.15) is 29.9 Å². The predicted molar refractivity (Wildman–Crippen MR) is 114 cm³/mol. The van der Waals surface area contributed by atoms with Crippen molar-refractivity contribution in [1.82, 2.24) is 15.8 Å². The molecule has 0 bridgehead atoms. The first-order valence-electron chi connectivity index (χ1n) is 9.38. The van der Waals surface area contributed by atoms with Crippen LogP contribution in [0.25, 0.3) is 10.6 Å². The average molecular weight is 441 g/mol. The van der Waals surface area contributed by atoms with Gasteiger partial charge in [-0.05, 0) is 62.4 Å². The molecule has 31 heavy (non-hydrogen) atoms. The Morgan fingerprint density at radius 1 is 1.06 bits per heavy atom. The molecule has 0 radical (unpaired) electrons. The molecular weight excluding hydrogens is 421 g/mol. The van der Waals surface area contributed by atoms with Crippen molar-refractivity contribution >= 4 is 28.9 Å². The Labute approximate surface area is 182 Å². The zero-order valence-corrected chi connectivity index (χ0v) is 17.7. The minimum absolute atomic E-state index is 0.0281. The van der Waals surface area contributed by atoms with Gasteiger partial charge in [-0.1, -0.05) is 0 Å². The zero-order chi connectivity index (χ0) is 22.4. The summed E-state index contributed by atoms with van der Waals surface area (Å²) in [6.07, 6.45) is -0.896. The number of hydrogen-bond donors (Lipinski definition) is 2. The largest absolute Gasteiger partial charge is 0.481 e. The van der Waals surface area contributed by atoms with E-state index in [-0.39, 0.29) is 18.0 Å². The molecule has 9 heteroatoms. The molecule has 0 aliphatic heterocycles. The molecule has 1 atom stereocenters. The Morgan fingerprint density at radius 3 is 2.39 bits per heavy atom. The molecule has 7 nitrogen and oxygen atoms in total. The summed E-state index contributed by atoms with van der Waals surface area (Å²) in [5.74, 6) is -0.946. The smallest absolute Gasteiger partial charge is 0.279 e. The van der Waals surface area contributed by atoms with E-state index in [1.807, 2.05) is 0 Å². The quantitative estimate of drug-likeness (QED) is 0.433. The van der Waals surface area contributed by atoms with Crippen LogP contribution < -0.4 is 15.6 Å². The van der Waals surface area contributed by atoms with E-state index in [0.717, 1.165) is 5.56 Å². The van der Waals surface area contributed by atoms with Crippen LogP contribution in [0.5, 0.6) is 5.75 Å². The highest BCUT2D eigenvalue weighted by Crippen LogP contribution is 2.24. The number of benzene rings is 2. The van der Waals surface area contributed by atoms with Crippen molar-refractivity contribution in [3.63, 3.8) is 0 Å². The van der Waals surface area contributed by atoms with E-state index in [1.165, 1.54) is 37.3 Å². The summed E-state index contributed by atoms with van der Waals surface area (Å²) in [7, 11) is 0. The number of aromatic nitrogens is 1. The normalized spacial score (nSPS) is 11.5. The summed E-state index contributed by atoms with van der Waals surface area (Å²) >= 11 is 1.34. The third-order valence-electron chi connectivity index (χ3n) is 4.25. The van der Waals surface area contributed by atoms with Gasteiger partial charge in [-0.25, -0.2) is 9.37 Å². The van der Waals surface area contributed by atoms with Crippen LogP contribution in [-0.4, -0.2) is 28.7 Å². The number of rotatable bonds is 7. The monoisotopic (exact) mass is 441 g/mol. The van der Waals surface area contributed by atoms with Gasteiger partial charge in [0.05, 0.1) is 12.1 Å². The SMILES string of the molecule is CC(=O)c1ccc(O[C@H](C)C(=O)NNC(=O)Cc2csc(-c3ccc(F)cc3)n2)cc1. The number of halogens is 1. The topological polar surface area (TPSA) is 97.4 Å². The molecule has 1 aromatic heterocycles. The molecule has 3 aromatic rings. The first kappa shape index (κ1) is 22.1. The van der Waals surface area contributed by atoms with Crippen LogP contribution in [0, 0.1) is 5.82 Å². The van der Waals surface area contributed by atoms with E-state index >= 15 is 0 Å². The third kappa shape index (κ3) is 6.19. The van der Waals surface area contributed by atoms with Crippen LogP contribution in [0.2, 0.25) is 0 Å². The van der Waals surface area contributed by atoms with Crippen molar-refractivity contribution in [3.8, 4) is 16.3 Å². The second-order valence-electron chi connectivity index (χ2n) is 6.71. The summed E-state index contributed by atoms with van der Waals surface area (Å²) in [6.45, 7) is 3.00. The second kappa shape index (κ2) is 9.94. The minimum Gasteiger partial charge on any atom is -0.481 e.